The first kappa shape index (κ1) is 13.1. The maximum atomic E-state index is 6.00. The average molecular weight is 253 g/mol. The smallest absolute Gasteiger partial charge is 0.0805 e. The van der Waals surface area contributed by atoms with Crippen molar-refractivity contribution in [1.29, 1.82) is 0 Å². The number of nitrogens with one attached hydrogen (secondary N) is 1. The Morgan fingerprint density at radius 1 is 1.47 bits per heavy atom. The fraction of sp³-hybridized carbons (Fsp3) is 0.714. The lowest BCUT2D eigenvalue weighted by Gasteiger charge is -2.27. The molecule has 1 aromatic heterocycles. The van der Waals surface area contributed by atoms with E-state index in [-0.39, 0.29) is 0 Å². The van der Waals surface area contributed by atoms with Crippen molar-refractivity contribution in [3.8, 4) is 0 Å². The van der Waals surface area contributed by atoms with Crippen molar-refractivity contribution < 1.29 is 4.74 Å². The highest BCUT2D eigenvalue weighted by molar-refractivity contribution is 7.10. The molecular formula is C14H23NOS. The highest BCUT2D eigenvalue weighted by atomic mass is 32.1. The van der Waals surface area contributed by atoms with Crippen LogP contribution in [0, 0.1) is 12.8 Å². The summed E-state index contributed by atoms with van der Waals surface area (Å²) in [7, 11) is 0. The third kappa shape index (κ3) is 3.09. The molecule has 96 valence electrons. The van der Waals surface area contributed by atoms with Gasteiger partial charge in [0.2, 0.25) is 0 Å². The molecule has 0 radical (unpaired) electrons. The van der Waals surface area contributed by atoms with Gasteiger partial charge in [-0.2, -0.15) is 0 Å². The molecule has 1 aromatic rings. The van der Waals surface area contributed by atoms with Gasteiger partial charge in [0, 0.05) is 11.5 Å². The van der Waals surface area contributed by atoms with E-state index in [2.05, 4.69) is 37.5 Å². The lowest BCUT2D eigenvalue weighted by molar-refractivity contribution is 0.0197. The molecule has 0 aliphatic heterocycles. The van der Waals surface area contributed by atoms with Crippen molar-refractivity contribution >= 4 is 11.3 Å². The van der Waals surface area contributed by atoms with Crippen LogP contribution in [0.5, 0.6) is 0 Å². The number of ether oxygens (including phenoxy) is 1. The molecule has 1 aliphatic carbocycles. The van der Waals surface area contributed by atoms with Gasteiger partial charge in [0.05, 0.1) is 12.1 Å². The first-order chi connectivity index (χ1) is 8.27. The molecule has 0 aromatic carbocycles. The van der Waals surface area contributed by atoms with Crippen molar-refractivity contribution in [3.63, 3.8) is 0 Å². The molecule has 0 bridgehead atoms. The lowest BCUT2D eigenvalue weighted by Crippen LogP contribution is -2.35. The molecule has 0 saturated heterocycles. The van der Waals surface area contributed by atoms with Gasteiger partial charge in [-0.3, -0.25) is 0 Å². The van der Waals surface area contributed by atoms with Crippen molar-refractivity contribution in [2.24, 2.45) is 5.92 Å². The highest BCUT2D eigenvalue weighted by Gasteiger charge is 2.38. The van der Waals surface area contributed by atoms with Gasteiger partial charge in [0.15, 0.2) is 0 Å². The molecule has 1 saturated carbocycles. The van der Waals surface area contributed by atoms with Crippen molar-refractivity contribution in [2.75, 3.05) is 13.2 Å². The minimum Gasteiger partial charge on any atom is -0.376 e. The van der Waals surface area contributed by atoms with Gasteiger partial charge < -0.3 is 10.1 Å². The fourth-order valence-electron chi connectivity index (χ4n) is 2.40. The minimum atomic E-state index is 0.359. The minimum absolute atomic E-state index is 0.359. The summed E-state index contributed by atoms with van der Waals surface area (Å²) < 4.78 is 6.00. The summed E-state index contributed by atoms with van der Waals surface area (Å²) in [6.07, 6.45) is 3.02. The quantitative estimate of drug-likeness (QED) is 0.802. The Morgan fingerprint density at radius 3 is 2.71 bits per heavy atom. The molecule has 1 fully saturated rings. The van der Waals surface area contributed by atoms with Gasteiger partial charge in [0.25, 0.3) is 0 Å². The molecule has 0 amide bonds. The van der Waals surface area contributed by atoms with Gasteiger partial charge in [-0.25, -0.2) is 0 Å². The molecule has 2 rings (SSSR count). The fourth-order valence-corrected chi connectivity index (χ4v) is 3.44. The van der Waals surface area contributed by atoms with Crippen molar-refractivity contribution in [3.05, 3.63) is 21.9 Å². The molecule has 2 unspecified atom stereocenters. The second-order valence-corrected chi connectivity index (χ2v) is 5.71. The van der Waals surface area contributed by atoms with Gasteiger partial charge in [-0.1, -0.05) is 6.92 Å². The van der Waals surface area contributed by atoms with Crippen LogP contribution in [0.1, 0.15) is 43.2 Å². The molecule has 3 heteroatoms. The average Bonchev–Trinajstić information content (AvgIpc) is 3.07. The molecule has 1 heterocycles. The van der Waals surface area contributed by atoms with Crippen LogP contribution < -0.4 is 5.32 Å². The maximum Gasteiger partial charge on any atom is 0.0805 e. The van der Waals surface area contributed by atoms with E-state index in [9.17, 15) is 0 Å². The maximum absolute atomic E-state index is 6.00. The Morgan fingerprint density at radius 2 is 2.24 bits per heavy atom. The first-order valence-electron chi connectivity index (χ1n) is 6.66. The predicted molar refractivity (Wildman–Crippen MR) is 73.6 cm³/mol. The van der Waals surface area contributed by atoms with Gasteiger partial charge in [-0.15, -0.1) is 11.3 Å². The Bertz CT molecular complexity index is 346. The van der Waals surface area contributed by atoms with Gasteiger partial charge in [0.1, 0.15) is 0 Å². The predicted octanol–water partition coefficient (Wildman–Crippen LogP) is 3.52. The Balaban J connectivity index is 2.17. The zero-order valence-electron chi connectivity index (χ0n) is 11.0. The molecule has 0 spiro atoms. The summed E-state index contributed by atoms with van der Waals surface area (Å²) in [4.78, 5) is 1.46. The Labute approximate surface area is 108 Å². The van der Waals surface area contributed by atoms with E-state index in [1.165, 1.54) is 23.3 Å². The van der Waals surface area contributed by atoms with Crippen LogP contribution in [0.2, 0.25) is 0 Å². The number of likely N-dealkylation sites (N-methyl/N-ethyl adjacent to an activating group) is 1. The van der Waals surface area contributed by atoms with Gasteiger partial charge >= 0.3 is 0 Å². The zero-order valence-corrected chi connectivity index (χ0v) is 11.8. The number of thiophene rings is 1. The second-order valence-electron chi connectivity index (χ2n) is 4.76. The van der Waals surface area contributed by atoms with E-state index in [0.717, 1.165) is 19.1 Å². The number of aryl methyl sites for hydroxylation is 1. The highest BCUT2D eigenvalue weighted by Crippen LogP contribution is 2.41. The van der Waals surface area contributed by atoms with E-state index in [1.807, 2.05) is 11.3 Å². The third-order valence-corrected chi connectivity index (χ3v) is 4.48. The van der Waals surface area contributed by atoms with E-state index in [1.54, 1.807) is 0 Å². The number of rotatable bonds is 7. The van der Waals surface area contributed by atoms with Crippen LogP contribution in [0.15, 0.2) is 11.4 Å². The monoisotopic (exact) mass is 253 g/mol. The molecule has 1 aliphatic rings. The van der Waals surface area contributed by atoms with Gasteiger partial charge in [-0.05, 0) is 56.2 Å². The van der Waals surface area contributed by atoms with Crippen LogP contribution >= 0.6 is 11.3 Å². The van der Waals surface area contributed by atoms with Crippen molar-refractivity contribution in [2.45, 2.75) is 45.8 Å². The molecule has 17 heavy (non-hydrogen) atoms. The van der Waals surface area contributed by atoms with E-state index in [4.69, 9.17) is 4.74 Å². The molecule has 2 atom stereocenters. The summed E-state index contributed by atoms with van der Waals surface area (Å²) in [5, 5.41) is 5.80. The Kier molecular flexibility index (Phi) is 4.60. The SMILES string of the molecule is CCNC(c1sccc1C)C(OCC)C1CC1. The summed E-state index contributed by atoms with van der Waals surface area (Å²) in [6.45, 7) is 8.28. The molecular weight excluding hydrogens is 230 g/mol. The summed E-state index contributed by atoms with van der Waals surface area (Å²) in [6, 6.07) is 2.59. The van der Waals surface area contributed by atoms with E-state index in [0.29, 0.717) is 12.1 Å². The second kappa shape index (κ2) is 5.98. The third-order valence-electron chi connectivity index (χ3n) is 3.38. The summed E-state index contributed by atoms with van der Waals surface area (Å²) in [5.41, 5.74) is 1.39. The molecule has 1 N–H and O–H groups in total. The lowest BCUT2D eigenvalue weighted by atomic mass is 10.0. The summed E-state index contributed by atoms with van der Waals surface area (Å²) >= 11 is 1.85. The number of hydrogen-bond acceptors (Lipinski definition) is 3. The van der Waals surface area contributed by atoms with Crippen LogP contribution in [-0.4, -0.2) is 19.3 Å². The zero-order chi connectivity index (χ0) is 12.3. The topological polar surface area (TPSA) is 21.3 Å². The van der Waals surface area contributed by atoms with E-state index >= 15 is 0 Å². The van der Waals surface area contributed by atoms with Crippen LogP contribution in [-0.2, 0) is 4.74 Å². The van der Waals surface area contributed by atoms with Crippen LogP contribution in [0.3, 0.4) is 0 Å². The van der Waals surface area contributed by atoms with Crippen molar-refractivity contribution in [1.82, 2.24) is 5.32 Å². The molecule has 2 nitrogen and oxygen atoms in total. The Hall–Kier alpha value is -0.380. The number of hydrogen-bond donors (Lipinski definition) is 1. The van der Waals surface area contributed by atoms with Crippen LogP contribution in [0.4, 0.5) is 0 Å². The largest absolute Gasteiger partial charge is 0.376 e. The standard InChI is InChI=1S/C14H23NOS/c1-4-15-12(14-10(3)8-9-17-14)13(16-5-2)11-6-7-11/h8-9,11-13,15H,4-7H2,1-3H3. The first-order valence-corrected chi connectivity index (χ1v) is 7.54. The van der Waals surface area contributed by atoms with Crippen LogP contribution in [0.25, 0.3) is 0 Å². The summed E-state index contributed by atoms with van der Waals surface area (Å²) in [5.74, 6) is 0.764. The normalized spacial score (nSPS) is 19.2. The van der Waals surface area contributed by atoms with E-state index < -0.39 is 0 Å².